The largest absolute Gasteiger partial charge is 0.338 e. The molecule has 1 fully saturated rings. The Morgan fingerprint density at radius 1 is 1.12 bits per heavy atom. The van der Waals surface area contributed by atoms with Crippen molar-refractivity contribution in [1.29, 1.82) is 0 Å². The molecule has 1 N–H and O–H groups in total. The molecular weight excluding hydrogens is 319 g/mol. The van der Waals surface area contributed by atoms with Gasteiger partial charge in [-0.2, -0.15) is 0 Å². The number of nitrogens with zero attached hydrogens (tertiary/aromatic N) is 1. The Labute approximate surface area is 146 Å². The average Bonchev–Trinajstić information content (AvgIpc) is 3.10. The molecule has 2 aromatic rings. The molecule has 3 rings (SSSR count). The normalized spacial score (nSPS) is 16.9. The molecule has 1 heterocycles. The summed E-state index contributed by atoms with van der Waals surface area (Å²) in [7, 11) is 1.90. The third kappa shape index (κ3) is 3.77. The zero-order valence-corrected chi connectivity index (χ0v) is 14.2. The van der Waals surface area contributed by atoms with Crippen LogP contribution in [0.1, 0.15) is 32.7 Å². The first-order valence-electron chi connectivity index (χ1n) is 8.43. The van der Waals surface area contributed by atoms with Crippen LogP contribution >= 0.6 is 0 Å². The summed E-state index contributed by atoms with van der Waals surface area (Å²) in [4.78, 5) is 27.5. The van der Waals surface area contributed by atoms with Gasteiger partial charge in [0.25, 0.3) is 5.91 Å². The van der Waals surface area contributed by atoms with Crippen LogP contribution < -0.4 is 5.32 Å². The van der Waals surface area contributed by atoms with Gasteiger partial charge < -0.3 is 10.2 Å². The second-order valence-corrected chi connectivity index (χ2v) is 6.35. The second-order valence-electron chi connectivity index (χ2n) is 6.35. The third-order valence-electron chi connectivity index (χ3n) is 4.57. The predicted octanol–water partition coefficient (Wildman–Crippen LogP) is 2.74. The Morgan fingerprint density at radius 2 is 1.80 bits per heavy atom. The SMILES string of the molecule is CNCC1CCN(C(=O)c2ccccc2C(=O)c2ccc(F)cc2)C1. The predicted molar refractivity (Wildman–Crippen MR) is 94.2 cm³/mol. The number of hydrogen-bond donors (Lipinski definition) is 1. The van der Waals surface area contributed by atoms with E-state index in [4.69, 9.17) is 0 Å². The van der Waals surface area contributed by atoms with Gasteiger partial charge in [-0.25, -0.2) is 4.39 Å². The van der Waals surface area contributed by atoms with Crippen LogP contribution in [0.2, 0.25) is 0 Å². The third-order valence-corrected chi connectivity index (χ3v) is 4.57. The van der Waals surface area contributed by atoms with E-state index in [1.165, 1.54) is 24.3 Å². The summed E-state index contributed by atoms with van der Waals surface area (Å²) < 4.78 is 13.1. The van der Waals surface area contributed by atoms with Gasteiger partial charge in [-0.05, 0) is 56.3 Å². The average molecular weight is 340 g/mol. The summed E-state index contributed by atoms with van der Waals surface area (Å²) in [5, 5.41) is 3.14. The van der Waals surface area contributed by atoms with Crippen molar-refractivity contribution in [3.63, 3.8) is 0 Å². The first kappa shape index (κ1) is 17.3. The molecule has 0 aromatic heterocycles. The summed E-state index contributed by atoms with van der Waals surface area (Å²) in [6, 6.07) is 12.2. The summed E-state index contributed by atoms with van der Waals surface area (Å²) in [6.07, 6.45) is 0.959. The van der Waals surface area contributed by atoms with Gasteiger partial charge >= 0.3 is 0 Å². The van der Waals surface area contributed by atoms with Gasteiger partial charge in [0, 0.05) is 24.2 Å². The minimum absolute atomic E-state index is 0.121. The number of carbonyl (C=O) groups excluding carboxylic acids is 2. The van der Waals surface area contributed by atoms with E-state index in [0.717, 1.165) is 13.0 Å². The molecule has 0 radical (unpaired) electrons. The minimum Gasteiger partial charge on any atom is -0.338 e. The van der Waals surface area contributed by atoms with E-state index < -0.39 is 5.82 Å². The van der Waals surface area contributed by atoms with Crippen molar-refractivity contribution in [3.05, 3.63) is 71.0 Å². The first-order valence-corrected chi connectivity index (χ1v) is 8.43. The lowest BCUT2D eigenvalue weighted by atomic mass is 9.97. The molecule has 2 aromatic carbocycles. The number of likely N-dealkylation sites (tertiary alicyclic amines) is 1. The van der Waals surface area contributed by atoms with Crippen molar-refractivity contribution in [2.75, 3.05) is 26.7 Å². The van der Waals surface area contributed by atoms with Crippen molar-refractivity contribution in [1.82, 2.24) is 10.2 Å². The highest BCUT2D eigenvalue weighted by Crippen LogP contribution is 2.21. The van der Waals surface area contributed by atoms with E-state index in [1.807, 2.05) is 7.05 Å². The van der Waals surface area contributed by atoms with Crippen LogP contribution in [-0.4, -0.2) is 43.3 Å². The van der Waals surface area contributed by atoms with Crippen molar-refractivity contribution in [2.45, 2.75) is 6.42 Å². The van der Waals surface area contributed by atoms with E-state index in [0.29, 0.717) is 35.7 Å². The van der Waals surface area contributed by atoms with E-state index >= 15 is 0 Å². The van der Waals surface area contributed by atoms with Crippen LogP contribution in [0, 0.1) is 11.7 Å². The Bertz CT molecular complexity index is 774. The topological polar surface area (TPSA) is 49.4 Å². The highest BCUT2D eigenvalue weighted by molar-refractivity contribution is 6.15. The molecule has 0 aliphatic carbocycles. The number of rotatable bonds is 5. The number of amides is 1. The molecule has 1 atom stereocenters. The molecule has 0 bridgehead atoms. The van der Waals surface area contributed by atoms with Gasteiger partial charge in [-0.1, -0.05) is 18.2 Å². The number of halogens is 1. The molecule has 0 saturated carbocycles. The van der Waals surface area contributed by atoms with E-state index in [1.54, 1.807) is 29.2 Å². The van der Waals surface area contributed by atoms with Gasteiger partial charge in [0.1, 0.15) is 5.82 Å². The summed E-state index contributed by atoms with van der Waals surface area (Å²) in [5.74, 6) is -0.345. The fourth-order valence-corrected chi connectivity index (χ4v) is 3.27. The monoisotopic (exact) mass is 340 g/mol. The van der Waals surface area contributed by atoms with Crippen molar-refractivity contribution < 1.29 is 14.0 Å². The van der Waals surface area contributed by atoms with E-state index in [-0.39, 0.29) is 11.7 Å². The van der Waals surface area contributed by atoms with Crippen LogP contribution in [0.4, 0.5) is 4.39 Å². The van der Waals surface area contributed by atoms with Crippen LogP contribution in [-0.2, 0) is 0 Å². The zero-order chi connectivity index (χ0) is 17.8. The van der Waals surface area contributed by atoms with Crippen LogP contribution in [0.3, 0.4) is 0 Å². The van der Waals surface area contributed by atoms with Crippen LogP contribution in [0.15, 0.2) is 48.5 Å². The summed E-state index contributed by atoms with van der Waals surface area (Å²) in [5.41, 5.74) is 1.13. The summed E-state index contributed by atoms with van der Waals surface area (Å²) >= 11 is 0. The van der Waals surface area contributed by atoms with Crippen molar-refractivity contribution in [2.24, 2.45) is 5.92 Å². The fourth-order valence-electron chi connectivity index (χ4n) is 3.27. The zero-order valence-electron chi connectivity index (χ0n) is 14.2. The van der Waals surface area contributed by atoms with Crippen LogP contribution in [0.25, 0.3) is 0 Å². The molecule has 0 spiro atoms. The van der Waals surface area contributed by atoms with E-state index in [2.05, 4.69) is 5.32 Å². The lowest BCUT2D eigenvalue weighted by Gasteiger charge is -2.18. The van der Waals surface area contributed by atoms with Gasteiger partial charge in [-0.15, -0.1) is 0 Å². The molecule has 1 aliphatic rings. The second kappa shape index (κ2) is 7.57. The van der Waals surface area contributed by atoms with E-state index in [9.17, 15) is 14.0 Å². The quantitative estimate of drug-likeness (QED) is 0.852. The van der Waals surface area contributed by atoms with Gasteiger partial charge in [-0.3, -0.25) is 9.59 Å². The van der Waals surface area contributed by atoms with Gasteiger partial charge in [0.15, 0.2) is 5.78 Å². The highest BCUT2D eigenvalue weighted by atomic mass is 19.1. The molecular formula is C20H21FN2O2. The Morgan fingerprint density at radius 3 is 2.48 bits per heavy atom. The fraction of sp³-hybridized carbons (Fsp3) is 0.300. The number of carbonyl (C=O) groups is 2. The Hall–Kier alpha value is -2.53. The number of benzene rings is 2. The van der Waals surface area contributed by atoms with Crippen molar-refractivity contribution in [3.8, 4) is 0 Å². The molecule has 1 unspecified atom stereocenters. The van der Waals surface area contributed by atoms with Crippen molar-refractivity contribution >= 4 is 11.7 Å². The van der Waals surface area contributed by atoms with Crippen LogP contribution in [0.5, 0.6) is 0 Å². The Kier molecular flexibility index (Phi) is 5.24. The maximum Gasteiger partial charge on any atom is 0.254 e. The maximum absolute atomic E-state index is 13.1. The molecule has 4 nitrogen and oxygen atoms in total. The van der Waals surface area contributed by atoms with Gasteiger partial charge in [0.2, 0.25) is 0 Å². The minimum atomic E-state index is -0.395. The molecule has 5 heteroatoms. The maximum atomic E-state index is 13.1. The number of ketones is 1. The lowest BCUT2D eigenvalue weighted by Crippen LogP contribution is -2.31. The van der Waals surface area contributed by atoms with Gasteiger partial charge in [0.05, 0.1) is 5.56 Å². The lowest BCUT2D eigenvalue weighted by molar-refractivity contribution is 0.0782. The number of hydrogen-bond acceptors (Lipinski definition) is 3. The molecule has 25 heavy (non-hydrogen) atoms. The summed E-state index contributed by atoms with van der Waals surface area (Å²) in [6.45, 7) is 2.27. The molecule has 1 aliphatic heterocycles. The molecule has 130 valence electrons. The Balaban J connectivity index is 1.85. The number of nitrogens with one attached hydrogen (secondary N) is 1. The standard InChI is InChI=1S/C20H21FN2O2/c1-22-12-14-10-11-23(13-14)20(25)18-5-3-2-4-17(18)19(24)15-6-8-16(21)9-7-15/h2-9,14,22H,10-13H2,1H3. The molecule has 1 amide bonds. The molecule has 1 saturated heterocycles. The smallest absolute Gasteiger partial charge is 0.254 e. The highest BCUT2D eigenvalue weighted by Gasteiger charge is 2.28. The first-order chi connectivity index (χ1) is 12.1.